The summed E-state index contributed by atoms with van der Waals surface area (Å²) in [6.45, 7) is 6.40. The van der Waals surface area contributed by atoms with Gasteiger partial charge in [-0.15, -0.1) is 0 Å². The molecule has 0 spiro atoms. The van der Waals surface area contributed by atoms with E-state index in [0.717, 1.165) is 37.3 Å². The Balaban J connectivity index is 1.49. The van der Waals surface area contributed by atoms with Gasteiger partial charge in [0.2, 0.25) is 5.91 Å². The van der Waals surface area contributed by atoms with Crippen molar-refractivity contribution in [2.24, 2.45) is 0 Å². The molecule has 3 N–H and O–H groups in total. The minimum absolute atomic E-state index is 0.0134. The van der Waals surface area contributed by atoms with Crippen LogP contribution in [0.15, 0.2) is 78.9 Å². The van der Waals surface area contributed by atoms with Crippen LogP contribution in [-0.2, 0) is 4.79 Å². The van der Waals surface area contributed by atoms with Crippen LogP contribution in [0.1, 0.15) is 34.2 Å². The van der Waals surface area contributed by atoms with Crippen LogP contribution in [0, 0.1) is 6.92 Å². The Kier molecular flexibility index (Phi) is 7.43. The molecule has 0 aromatic heterocycles. The fourth-order valence-corrected chi connectivity index (χ4v) is 4.86. The number of hydrogen-bond acceptors (Lipinski definition) is 4. The largest absolute Gasteiger partial charge is 0.398 e. The maximum atomic E-state index is 12.8. The summed E-state index contributed by atoms with van der Waals surface area (Å²) in [7, 11) is 1.70. The number of nitrogen functional groups attached to an aromatic ring is 1. The van der Waals surface area contributed by atoms with Crippen molar-refractivity contribution in [3.05, 3.63) is 101 Å². The third-order valence-corrected chi connectivity index (χ3v) is 6.62. The fourth-order valence-electron chi connectivity index (χ4n) is 4.86. The number of piperazine rings is 1. The van der Waals surface area contributed by atoms with E-state index in [2.05, 4.69) is 75.8 Å². The minimum atomic E-state index is -0.277. The zero-order valence-electron chi connectivity index (χ0n) is 19.6. The summed E-state index contributed by atoms with van der Waals surface area (Å²) in [6.07, 6.45) is 0. The molecule has 33 heavy (non-hydrogen) atoms. The van der Waals surface area contributed by atoms with Gasteiger partial charge in [0.15, 0.2) is 0 Å². The topological polar surface area (TPSA) is 61.6 Å². The van der Waals surface area contributed by atoms with Gasteiger partial charge in [-0.05, 0) is 35.2 Å². The zero-order chi connectivity index (χ0) is 23.2. The monoisotopic (exact) mass is 442 g/mol. The molecular formula is C28H34N4O. The number of aryl methyl sites for hydroxylation is 1. The Morgan fingerprint density at radius 3 is 2.00 bits per heavy atom. The molecule has 0 saturated carbocycles. The van der Waals surface area contributed by atoms with Crippen LogP contribution in [0.4, 0.5) is 5.69 Å². The predicted octanol–water partition coefficient (Wildman–Crippen LogP) is 3.81. The number of carbonyl (C=O) groups is 1. The molecule has 0 radical (unpaired) electrons. The summed E-state index contributed by atoms with van der Waals surface area (Å²) in [5, 5.41) is 2.83. The van der Waals surface area contributed by atoms with Crippen LogP contribution < -0.4 is 11.1 Å². The zero-order valence-corrected chi connectivity index (χ0v) is 19.6. The number of amides is 1. The highest BCUT2D eigenvalue weighted by molar-refractivity contribution is 5.85. The van der Waals surface area contributed by atoms with Crippen LogP contribution in [-0.4, -0.2) is 55.5 Å². The summed E-state index contributed by atoms with van der Waals surface area (Å²) < 4.78 is 0. The van der Waals surface area contributed by atoms with E-state index in [4.69, 9.17) is 5.73 Å². The van der Waals surface area contributed by atoms with Gasteiger partial charge in [-0.1, -0.05) is 72.8 Å². The molecule has 1 aliphatic rings. The molecule has 1 atom stereocenters. The van der Waals surface area contributed by atoms with Crippen LogP contribution in [0.2, 0.25) is 0 Å². The Morgan fingerprint density at radius 2 is 1.48 bits per heavy atom. The highest BCUT2D eigenvalue weighted by atomic mass is 16.1. The summed E-state index contributed by atoms with van der Waals surface area (Å²) in [6, 6.07) is 27.7. The van der Waals surface area contributed by atoms with E-state index < -0.39 is 0 Å². The second-order valence-corrected chi connectivity index (χ2v) is 8.86. The maximum Gasteiger partial charge on any atom is 0.228 e. The highest BCUT2D eigenvalue weighted by Crippen LogP contribution is 2.30. The van der Waals surface area contributed by atoms with Gasteiger partial charge in [-0.2, -0.15) is 0 Å². The van der Waals surface area contributed by atoms with Crippen molar-refractivity contribution in [2.45, 2.75) is 18.9 Å². The number of benzene rings is 3. The highest BCUT2D eigenvalue weighted by Gasteiger charge is 2.30. The number of nitrogens with one attached hydrogen (secondary N) is 1. The van der Waals surface area contributed by atoms with Gasteiger partial charge in [0, 0.05) is 45.5 Å². The van der Waals surface area contributed by atoms with Crippen LogP contribution in [0.25, 0.3) is 0 Å². The number of nitrogens with zero attached hydrogens (tertiary/aromatic N) is 2. The first-order valence-electron chi connectivity index (χ1n) is 11.7. The van der Waals surface area contributed by atoms with Crippen LogP contribution in [0.5, 0.6) is 0 Å². The van der Waals surface area contributed by atoms with Crippen molar-refractivity contribution < 1.29 is 4.79 Å². The third kappa shape index (κ3) is 5.44. The molecule has 1 fully saturated rings. The first-order chi connectivity index (χ1) is 16.1. The van der Waals surface area contributed by atoms with E-state index in [1.807, 2.05) is 25.1 Å². The molecule has 5 nitrogen and oxygen atoms in total. The second kappa shape index (κ2) is 10.6. The van der Waals surface area contributed by atoms with Gasteiger partial charge >= 0.3 is 0 Å². The van der Waals surface area contributed by atoms with Crippen molar-refractivity contribution >= 4 is 11.6 Å². The number of rotatable bonds is 7. The van der Waals surface area contributed by atoms with Crippen molar-refractivity contribution in [1.82, 2.24) is 15.1 Å². The molecule has 0 aliphatic carbocycles. The Morgan fingerprint density at radius 1 is 0.909 bits per heavy atom. The predicted molar refractivity (Wildman–Crippen MR) is 135 cm³/mol. The number of carbonyl (C=O) groups excluding carboxylic acids is 1. The number of likely N-dealkylation sites (N-methyl/N-ethyl adjacent to an activating group) is 1. The van der Waals surface area contributed by atoms with Gasteiger partial charge < -0.3 is 11.1 Å². The third-order valence-electron chi connectivity index (χ3n) is 6.62. The number of anilines is 1. The SMILES string of the molecule is CNC(=O)C(CN1CCN(C(c2ccccc2)c2ccccc2)CC1)c1ccc(C)cc1N. The molecule has 3 aromatic carbocycles. The average molecular weight is 443 g/mol. The molecule has 1 unspecified atom stereocenters. The lowest BCUT2D eigenvalue weighted by Gasteiger charge is -2.40. The average Bonchev–Trinajstić information content (AvgIpc) is 2.85. The lowest BCUT2D eigenvalue weighted by atomic mass is 9.94. The molecular weight excluding hydrogens is 408 g/mol. The Labute approximate surface area is 197 Å². The lowest BCUT2D eigenvalue weighted by molar-refractivity contribution is -0.122. The smallest absolute Gasteiger partial charge is 0.228 e. The standard InChI is InChI=1S/C28H34N4O/c1-21-13-14-24(26(29)19-21)25(28(33)30-2)20-31-15-17-32(18-16-31)27(22-9-5-3-6-10-22)23-11-7-4-8-12-23/h3-14,19,25,27H,15-18,20,29H2,1-2H3,(H,30,33). The molecule has 1 heterocycles. The molecule has 1 amide bonds. The Bertz CT molecular complexity index is 1010. The molecule has 1 aliphatic heterocycles. The summed E-state index contributed by atoms with van der Waals surface area (Å²) in [5.74, 6) is -0.263. The van der Waals surface area contributed by atoms with Crippen LogP contribution in [0.3, 0.4) is 0 Å². The molecule has 5 heteroatoms. The first-order valence-corrected chi connectivity index (χ1v) is 11.7. The van der Waals surface area contributed by atoms with E-state index in [9.17, 15) is 4.79 Å². The molecule has 1 saturated heterocycles. The minimum Gasteiger partial charge on any atom is -0.398 e. The van der Waals surface area contributed by atoms with E-state index in [-0.39, 0.29) is 17.9 Å². The second-order valence-electron chi connectivity index (χ2n) is 8.86. The van der Waals surface area contributed by atoms with Crippen LogP contribution >= 0.6 is 0 Å². The van der Waals surface area contributed by atoms with E-state index >= 15 is 0 Å². The molecule has 172 valence electrons. The van der Waals surface area contributed by atoms with Gasteiger partial charge in [0.05, 0.1) is 12.0 Å². The molecule has 0 bridgehead atoms. The number of nitrogens with two attached hydrogens (primary N) is 1. The van der Waals surface area contributed by atoms with E-state index in [0.29, 0.717) is 12.2 Å². The Hall–Kier alpha value is -3.15. The van der Waals surface area contributed by atoms with Crippen molar-refractivity contribution in [1.29, 1.82) is 0 Å². The van der Waals surface area contributed by atoms with Crippen molar-refractivity contribution in [3.63, 3.8) is 0 Å². The summed E-state index contributed by atoms with van der Waals surface area (Å²) in [4.78, 5) is 17.7. The van der Waals surface area contributed by atoms with Gasteiger partial charge in [-0.25, -0.2) is 0 Å². The first kappa shape index (κ1) is 23.0. The van der Waals surface area contributed by atoms with Crippen molar-refractivity contribution in [3.8, 4) is 0 Å². The van der Waals surface area contributed by atoms with Crippen molar-refractivity contribution in [2.75, 3.05) is 45.5 Å². The maximum absolute atomic E-state index is 12.8. The van der Waals surface area contributed by atoms with Gasteiger partial charge in [-0.3, -0.25) is 14.6 Å². The van der Waals surface area contributed by atoms with E-state index in [1.54, 1.807) is 7.05 Å². The molecule has 4 rings (SSSR count). The molecule has 3 aromatic rings. The summed E-state index contributed by atoms with van der Waals surface area (Å²) in [5.41, 5.74) is 11.6. The van der Waals surface area contributed by atoms with Gasteiger partial charge in [0.25, 0.3) is 0 Å². The quantitative estimate of drug-likeness (QED) is 0.546. The van der Waals surface area contributed by atoms with Gasteiger partial charge in [0.1, 0.15) is 0 Å². The normalized spacial score (nSPS) is 16.0. The number of hydrogen-bond donors (Lipinski definition) is 2. The summed E-state index contributed by atoms with van der Waals surface area (Å²) >= 11 is 0. The lowest BCUT2D eigenvalue weighted by Crippen LogP contribution is -2.49. The fraction of sp³-hybridized carbons (Fsp3) is 0.321. The van der Waals surface area contributed by atoms with E-state index in [1.165, 1.54) is 11.1 Å².